The number of anilines is 6. The van der Waals surface area contributed by atoms with Gasteiger partial charge in [0.25, 0.3) is 0 Å². The fraction of sp³-hybridized carbons (Fsp3) is 0.364. The lowest BCUT2D eigenvalue weighted by atomic mass is 10.1. The zero-order valence-corrected chi connectivity index (χ0v) is 24.5. The summed E-state index contributed by atoms with van der Waals surface area (Å²) in [6.45, 7) is 12.0. The Kier molecular flexibility index (Phi) is 10.9. The molecule has 0 aliphatic heterocycles. The molecule has 3 aromatic carbocycles. The standard InChI is InChI=1S/C33H42N4O3/c1-22(2)19-31(38)34-25-13-7-10-16-28(25)37(29-17-11-8-14-26(29)35-32(39)20-23(3)4)30-18-12-9-15-27(30)36-33(40)21-24(5)6/h7-18,22-24H,19-21H2,1-6H3,(H,34,38)(H,35,39)(H,36,40). The second kappa shape index (κ2) is 14.3. The lowest BCUT2D eigenvalue weighted by molar-refractivity contribution is -0.117. The Morgan fingerprint density at radius 1 is 0.500 bits per heavy atom. The number of carbonyl (C=O) groups is 3. The monoisotopic (exact) mass is 542 g/mol. The van der Waals surface area contributed by atoms with E-state index < -0.39 is 0 Å². The number of rotatable bonds is 12. The van der Waals surface area contributed by atoms with Crippen LogP contribution in [0.1, 0.15) is 60.8 Å². The molecular formula is C33H42N4O3. The molecule has 7 nitrogen and oxygen atoms in total. The topological polar surface area (TPSA) is 90.5 Å². The Balaban J connectivity index is 2.19. The molecule has 0 unspecified atom stereocenters. The van der Waals surface area contributed by atoms with Gasteiger partial charge < -0.3 is 20.9 Å². The summed E-state index contributed by atoms with van der Waals surface area (Å²) in [4.78, 5) is 40.5. The van der Waals surface area contributed by atoms with E-state index in [1.165, 1.54) is 0 Å². The van der Waals surface area contributed by atoms with Gasteiger partial charge in [0.1, 0.15) is 0 Å². The molecule has 0 aromatic heterocycles. The fourth-order valence-corrected chi connectivity index (χ4v) is 4.43. The van der Waals surface area contributed by atoms with Crippen molar-refractivity contribution < 1.29 is 14.4 Å². The maximum Gasteiger partial charge on any atom is 0.224 e. The molecule has 0 spiro atoms. The molecule has 7 heteroatoms. The third kappa shape index (κ3) is 8.70. The Labute approximate surface area is 238 Å². The third-order valence-electron chi connectivity index (χ3n) is 6.04. The van der Waals surface area contributed by atoms with Crippen molar-refractivity contribution in [3.8, 4) is 0 Å². The van der Waals surface area contributed by atoms with Crippen LogP contribution in [-0.2, 0) is 14.4 Å². The number of nitrogens with one attached hydrogen (secondary N) is 3. The van der Waals surface area contributed by atoms with Gasteiger partial charge in [-0.1, -0.05) is 77.9 Å². The molecule has 3 rings (SSSR count). The smallest absolute Gasteiger partial charge is 0.224 e. The van der Waals surface area contributed by atoms with Crippen LogP contribution in [-0.4, -0.2) is 17.7 Å². The lowest BCUT2D eigenvalue weighted by Crippen LogP contribution is -2.21. The summed E-state index contributed by atoms with van der Waals surface area (Å²) in [5.41, 5.74) is 3.99. The van der Waals surface area contributed by atoms with E-state index in [0.717, 1.165) is 0 Å². The molecule has 0 radical (unpaired) electrons. The number of hydrogen-bond donors (Lipinski definition) is 3. The van der Waals surface area contributed by atoms with Gasteiger partial charge in [0, 0.05) is 19.3 Å². The first-order chi connectivity index (χ1) is 19.0. The van der Waals surface area contributed by atoms with Crippen molar-refractivity contribution in [3.63, 3.8) is 0 Å². The Hall–Kier alpha value is -4.13. The number of benzene rings is 3. The molecule has 0 bridgehead atoms. The van der Waals surface area contributed by atoms with Crippen LogP contribution >= 0.6 is 0 Å². The summed E-state index contributed by atoms with van der Waals surface area (Å²) in [6.07, 6.45) is 1.16. The molecule has 0 fully saturated rings. The van der Waals surface area contributed by atoms with Gasteiger partial charge in [0.15, 0.2) is 0 Å². The minimum Gasteiger partial charge on any atom is -0.324 e. The van der Waals surface area contributed by atoms with Crippen molar-refractivity contribution in [2.45, 2.75) is 60.8 Å². The van der Waals surface area contributed by atoms with Crippen LogP contribution in [0.4, 0.5) is 34.1 Å². The molecule has 0 aliphatic rings. The molecule has 0 aliphatic carbocycles. The fourth-order valence-electron chi connectivity index (χ4n) is 4.43. The highest BCUT2D eigenvalue weighted by atomic mass is 16.2. The van der Waals surface area contributed by atoms with Crippen LogP contribution in [0.25, 0.3) is 0 Å². The molecule has 0 saturated heterocycles. The normalized spacial score (nSPS) is 11.0. The van der Waals surface area contributed by atoms with E-state index in [2.05, 4.69) is 16.0 Å². The number of para-hydroxylation sites is 6. The molecular weight excluding hydrogens is 500 g/mol. The summed E-state index contributed by atoms with van der Waals surface area (Å²) in [6, 6.07) is 22.7. The number of nitrogens with zero attached hydrogens (tertiary/aromatic N) is 1. The highest BCUT2D eigenvalue weighted by molar-refractivity contribution is 6.03. The molecule has 3 N–H and O–H groups in total. The predicted octanol–water partition coefficient (Wildman–Crippen LogP) is 8.11. The molecule has 3 amide bonds. The van der Waals surface area contributed by atoms with Crippen molar-refractivity contribution >= 4 is 51.8 Å². The van der Waals surface area contributed by atoms with Gasteiger partial charge in [-0.05, 0) is 54.2 Å². The molecule has 0 saturated carbocycles. The second-order valence-corrected chi connectivity index (χ2v) is 11.3. The van der Waals surface area contributed by atoms with E-state index in [4.69, 9.17) is 0 Å². The first-order valence-corrected chi connectivity index (χ1v) is 14.0. The van der Waals surface area contributed by atoms with Crippen LogP contribution in [0.5, 0.6) is 0 Å². The quantitative estimate of drug-likeness (QED) is 0.216. The second-order valence-electron chi connectivity index (χ2n) is 11.3. The van der Waals surface area contributed by atoms with Crippen LogP contribution in [0.3, 0.4) is 0 Å². The van der Waals surface area contributed by atoms with Crippen LogP contribution < -0.4 is 20.9 Å². The van der Waals surface area contributed by atoms with Crippen LogP contribution in [0, 0.1) is 17.8 Å². The Bertz CT molecular complexity index is 1160. The van der Waals surface area contributed by atoms with Crippen LogP contribution in [0.2, 0.25) is 0 Å². The Morgan fingerprint density at radius 3 is 1.00 bits per heavy atom. The summed E-state index contributed by atoms with van der Waals surface area (Å²) in [5.74, 6) is 0.365. The van der Waals surface area contributed by atoms with Gasteiger partial charge >= 0.3 is 0 Å². The zero-order valence-electron chi connectivity index (χ0n) is 24.5. The molecule has 0 atom stereocenters. The first kappa shape index (κ1) is 30.4. The number of carbonyl (C=O) groups excluding carboxylic acids is 3. The summed E-state index contributed by atoms with van der Waals surface area (Å²) in [5, 5.41) is 9.24. The van der Waals surface area contributed by atoms with Gasteiger partial charge in [-0.15, -0.1) is 0 Å². The van der Waals surface area contributed by atoms with Gasteiger partial charge in [-0.3, -0.25) is 14.4 Å². The van der Waals surface area contributed by atoms with E-state index in [9.17, 15) is 14.4 Å². The van der Waals surface area contributed by atoms with E-state index in [0.29, 0.717) is 53.4 Å². The zero-order chi connectivity index (χ0) is 29.2. The van der Waals surface area contributed by atoms with E-state index in [1.54, 1.807) is 0 Å². The molecule has 212 valence electrons. The van der Waals surface area contributed by atoms with E-state index in [1.807, 2.05) is 119 Å². The van der Waals surface area contributed by atoms with Crippen LogP contribution in [0.15, 0.2) is 72.8 Å². The third-order valence-corrected chi connectivity index (χ3v) is 6.04. The first-order valence-electron chi connectivity index (χ1n) is 14.0. The summed E-state index contributed by atoms with van der Waals surface area (Å²) in [7, 11) is 0. The molecule has 40 heavy (non-hydrogen) atoms. The van der Waals surface area contributed by atoms with Gasteiger partial charge in [0.2, 0.25) is 17.7 Å². The maximum absolute atomic E-state index is 12.9. The summed E-state index contributed by atoms with van der Waals surface area (Å²) < 4.78 is 0. The van der Waals surface area contributed by atoms with Crippen molar-refractivity contribution in [3.05, 3.63) is 72.8 Å². The van der Waals surface area contributed by atoms with Gasteiger partial charge in [0.05, 0.1) is 34.1 Å². The van der Waals surface area contributed by atoms with Crippen molar-refractivity contribution in [2.75, 3.05) is 20.9 Å². The van der Waals surface area contributed by atoms with E-state index >= 15 is 0 Å². The minimum absolute atomic E-state index is 0.0838. The summed E-state index contributed by atoms with van der Waals surface area (Å²) >= 11 is 0. The van der Waals surface area contributed by atoms with Crippen molar-refractivity contribution in [1.29, 1.82) is 0 Å². The van der Waals surface area contributed by atoms with Gasteiger partial charge in [-0.2, -0.15) is 0 Å². The SMILES string of the molecule is CC(C)CC(=O)Nc1ccccc1N(c1ccccc1NC(=O)CC(C)C)c1ccccc1NC(=O)CC(C)C. The minimum atomic E-state index is -0.0838. The highest BCUT2D eigenvalue weighted by Crippen LogP contribution is 2.45. The largest absolute Gasteiger partial charge is 0.324 e. The average molecular weight is 543 g/mol. The molecule has 3 aromatic rings. The van der Waals surface area contributed by atoms with Gasteiger partial charge in [-0.25, -0.2) is 0 Å². The number of amides is 3. The highest BCUT2D eigenvalue weighted by Gasteiger charge is 2.23. The number of hydrogen-bond acceptors (Lipinski definition) is 4. The maximum atomic E-state index is 12.9. The lowest BCUT2D eigenvalue weighted by Gasteiger charge is -2.31. The van der Waals surface area contributed by atoms with Crippen molar-refractivity contribution in [1.82, 2.24) is 0 Å². The Morgan fingerprint density at radius 2 is 0.750 bits per heavy atom. The predicted molar refractivity (Wildman–Crippen MR) is 165 cm³/mol. The average Bonchev–Trinajstić information content (AvgIpc) is 2.85. The van der Waals surface area contributed by atoms with Crippen molar-refractivity contribution in [2.24, 2.45) is 17.8 Å². The van der Waals surface area contributed by atoms with E-state index in [-0.39, 0.29) is 35.5 Å². The molecule has 0 heterocycles.